The molecule has 1 aliphatic carbocycles. The van der Waals surface area contributed by atoms with Crippen LogP contribution in [0.5, 0.6) is 0 Å². The van der Waals surface area contributed by atoms with Gasteiger partial charge in [-0.25, -0.2) is 4.99 Å². The minimum absolute atomic E-state index is 0.0291. The smallest absolute Gasteiger partial charge is 0.311 e. The summed E-state index contributed by atoms with van der Waals surface area (Å²) < 4.78 is 6.53. The maximum absolute atomic E-state index is 13.2. The van der Waals surface area contributed by atoms with Crippen LogP contribution in [0.3, 0.4) is 0 Å². The maximum atomic E-state index is 13.2. The number of halogens is 1. The first-order valence-corrected chi connectivity index (χ1v) is 12.4. The number of ether oxygens (including phenoxy) is 1. The number of amides is 1. The van der Waals surface area contributed by atoms with Crippen molar-refractivity contribution in [3.63, 3.8) is 0 Å². The first kappa shape index (κ1) is 23.9. The normalized spacial score (nSPS) is 21.5. The lowest BCUT2D eigenvalue weighted by molar-refractivity contribution is -0.154. The summed E-state index contributed by atoms with van der Waals surface area (Å²) in [4.78, 5) is 34.5. The first-order chi connectivity index (χ1) is 15.6. The Morgan fingerprint density at radius 2 is 1.88 bits per heavy atom. The molecule has 0 fully saturated rings. The highest BCUT2D eigenvalue weighted by Crippen LogP contribution is 2.49. The highest BCUT2D eigenvalue weighted by Gasteiger charge is 2.39. The van der Waals surface area contributed by atoms with Gasteiger partial charge in [-0.3, -0.25) is 14.5 Å². The fourth-order valence-corrected chi connectivity index (χ4v) is 5.31. The number of likely N-dealkylation sites (N-methyl/N-ethyl adjacent to an activating group) is 1. The van der Waals surface area contributed by atoms with Gasteiger partial charge in [0.2, 0.25) is 5.91 Å². The van der Waals surface area contributed by atoms with Gasteiger partial charge in [0.25, 0.3) is 0 Å². The summed E-state index contributed by atoms with van der Waals surface area (Å²) in [5.74, 6) is -0.305. The number of esters is 1. The molecule has 6 nitrogen and oxygen atoms in total. The Balaban J connectivity index is 1.80. The third-order valence-electron chi connectivity index (χ3n) is 6.62. The number of fused-ring (bicyclic) bond motifs is 2. The molecule has 0 saturated carbocycles. The summed E-state index contributed by atoms with van der Waals surface area (Å²) in [5.41, 5.74) is 5.51. The lowest BCUT2D eigenvalue weighted by Gasteiger charge is -2.40. The van der Waals surface area contributed by atoms with Crippen LogP contribution in [0.2, 0.25) is 0 Å². The SMILES string of the molecule is CCN(CC)C(=O)[C@@H]1C=C2c3c(COC(=O)C(C)(C)C)ccc4c3C(=C[C@H]2N(C)C1)C(Br)=N4. The lowest BCUT2D eigenvalue weighted by atomic mass is 9.78. The van der Waals surface area contributed by atoms with E-state index in [2.05, 4.69) is 40.0 Å². The zero-order chi connectivity index (χ0) is 24.1. The molecule has 0 aromatic heterocycles. The Morgan fingerprint density at radius 3 is 2.52 bits per heavy atom. The monoisotopic (exact) mass is 513 g/mol. The second-order valence-electron chi connectivity index (χ2n) is 9.93. The second kappa shape index (κ2) is 8.84. The number of allylic oxidation sites excluding steroid dienone is 1. The molecule has 2 atom stereocenters. The number of aliphatic imine (C=N–C) groups is 1. The van der Waals surface area contributed by atoms with Gasteiger partial charge in [-0.1, -0.05) is 18.2 Å². The molecule has 0 unspecified atom stereocenters. The van der Waals surface area contributed by atoms with Crippen molar-refractivity contribution in [3.05, 3.63) is 41.0 Å². The maximum Gasteiger partial charge on any atom is 0.311 e. The van der Waals surface area contributed by atoms with Crippen molar-refractivity contribution in [3.8, 4) is 0 Å². The average molecular weight is 514 g/mol. The number of hydrogen-bond acceptors (Lipinski definition) is 5. The van der Waals surface area contributed by atoms with Crippen molar-refractivity contribution < 1.29 is 14.3 Å². The van der Waals surface area contributed by atoms with Gasteiger partial charge in [-0.15, -0.1) is 0 Å². The van der Waals surface area contributed by atoms with E-state index in [-0.39, 0.29) is 30.4 Å². The van der Waals surface area contributed by atoms with E-state index in [1.54, 1.807) is 0 Å². The molecule has 7 heteroatoms. The van der Waals surface area contributed by atoms with Crippen LogP contribution in [0.4, 0.5) is 5.69 Å². The fourth-order valence-electron chi connectivity index (χ4n) is 4.79. The van der Waals surface area contributed by atoms with E-state index in [1.165, 1.54) is 0 Å². The molecule has 0 N–H and O–H groups in total. The van der Waals surface area contributed by atoms with Crippen LogP contribution in [0, 0.1) is 11.3 Å². The fraction of sp³-hybridized carbons (Fsp3) is 0.500. The Hall–Kier alpha value is -2.25. The summed E-state index contributed by atoms with van der Waals surface area (Å²) >= 11 is 3.63. The molecule has 1 amide bonds. The first-order valence-electron chi connectivity index (χ1n) is 11.6. The summed E-state index contributed by atoms with van der Waals surface area (Å²) in [6.07, 6.45) is 4.36. The second-order valence-corrected chi connectivity index (χ2v) is 10.7. The van der Waals surface area contributed by atoms with E-state index in [0.29, 0.717) is 19.6 Å². The third-order valence-corrected chi connectivity index (χ3v) is 7.22. The van der Waals surface area contributed by atoms with E-state index >= 15 is 0 Å². The molecule has 3 aliphatic rings. The van der Waals surface area contributed by atoms with Crippen molar-refractivity contribution in [1.29, 1.82) is 0 Å². The van der Waals surface area contributed by atoms with E-state index in [0.717, 1.165) is 38.1 Å². The summed E-state index contributed by atoms with van der Waals surface area (Å²) in [7, 11) is 2.06. The van der Waals surface area contributed by atoms with Gasteiger partial charge in [-0.05, 0) is 80.4 Å². The van der Waals surface area contributed by atoms with E-state index in [4.69, 9.17) is 9.73 Å². The van der Waals surface area contributed by atoms with Gasteiger partial charge in [-0.2, -0.15) is 0 Å². The highest BCUT2D eigenvalue weighted by molar-refractivity contribution is 9.18. The van der Waals surface area contributed by atoms with Crippen molar-refractivity contribution in [2.24, 2.45) is 16.3 Å². The molecule has 0 saturated heterocycles. The molecule has 1 aromatic carbocycles. The van der Waals surface area contributed by atoms with Gasteiger partial charge in [0.15, 0.2) is 0 Å². The predicted molar refractivity (Wildman–Crippen MR) is 136 cm³/mol. The summed E-state index contributed by atoms with van der Waals surface area (Å²) in [6, 6.07) is 4.00. The average Bonchev–Trinajstić information content (AvgIpc) is 3.09. The molecule has 2 heterocycles. The van der Waals surface area contributed by atoms with Crippen LogP contribution in [0.15, 0.2) is 29.3 Å². The highest BCUT2D eigenvalue weighted by atomic mass is 79.9. The van der Waals surface area contributed by atoms with Crippen molar-refractivity contribution >= 4 is 49.3 Å². The molecule has 0 bridgehead atoms. The van der Waals surface area contributed by atoms with Crippen LogP contribution < -0.4 is 0 Å². The number of benzene rings is 1. The van der Waals surface area contributed by atoms with Crippen LogP contribution in [-0.4, -0.2) is 59.0 Å². The van der Waals surface area contributed by atoms with E-state index in [9.17, 15) is 9.59 Å². The Labute approximate surface area is 204 Å². The van der Waals surface area contributed by atoms with E-state index < -0.39 is 5.41 Å². The van der Waals surface area contributed by atoms with Crippen LogP contribution in [0.1, 0.15) is 51.3 Å². The number of hydrogen-bond donors (Lipinski definition) is 0. The molecule has 0 spiro atoms. The molecule has 4 rings (SSSR count). The summed E-state index contributed by atoms with van der Waals surface area (Å²) in [5, 5.41) is 0. The molecular formula is C26H32BrN3O3. The number of nitrogens with zero attached hydrogens (tertiary/aromatic N) is 3. The Bertz CT molecular complexity index is 1090. The third kappa shape index (κ3) is 4.21. The molecular weight excluding hydrogens is 482 g/mol. The number of rotatable bonds is 5. The molecule has 1 aromatic rings. The van der Waals surface area contributed by atoms with E-state index in [1.807, 2.05) is 51.7 Å². The Morgan fingerprint density at radius 1 is 1.18 bits per heavy atom. The van der Waals surface area contributed by atoms with Crippen molar-refractivity contribution in [1.82, 2.24) is 9.80 Å². The van der Waals surface area contributed by atoms with Gasteiger partial charge in [0.1, 0.15) is 11.2 Å². The quantitative estimate of drug-likeness (QED) is 0.530. The minimum atomic E-state index is -0.570. The number of carbonyl (C=O) groups excluding carboxylic acids is 2. The molecule has 0 radical (unpaired) electrons. The topological polar surface area (TPSA) is 62.2 Å². The number of carbonyl (C=O) groups is 2. The summed E-state index contributed by atoms with van der Waals surface area (Å²) in [6.45, 7) is 11.8. The van der Waals surface area contributed by atoms with Gasteiger partial charge in [0, 0.05) is 30.8 Å². The lowest BCUT2D eigenvalue weighted by Crippen LogP contribution is -2.46. The van der Waals surface area contributed by atoms with Gasteiger partial charge in [0.05, 0.1) is 23.1 Å². The standard InChI is InChI=1S/C26H32BrN3O3/c1-7-30(8-2)24(31)16-11-17-20(29(6)13-16)12-18-22-19(28-23(18)27)10-9-15(21(17)22)14-33-25(32)26(3,4)5/h9-12,16,20H,7-8,13-14H2,1-6H3/t16-,20-/m1/s1. The van der Waals surface area contributed by atoms with Gasteiger partial charge >= 0.3 is 5.97 Å². The molecule has 176 valence electrons. The van der Waals surface area contributed by atoms with Crippen LogP contribution in [0.25, 0.3) is 11.1 Å². The Kier molecular flexibility index (Phi) is 6.40. The largest absolute Gasteiger partial charge is 0.460 e. The predicted octanol–water partition coefficient (Wildman–Crippen LogP) is 4.79. The minimum Gasteiger partial charge on any atom is -0.460 e. The van der Waals surface area contributed by atoms with Gasteiger partial charge < -0.3 is 9.64 Å². The molecule has 33 heavy (non-hydrogen) atoms. The van der Waals surface area contributed by atoms with Crippen LogP contribution in [-0.2, 0) is 20.9 Å². The van der Waals surface area contributed by atoms with Crippen LogP contribution >= 0.6 is 15.9 Å². The van der Waals surface area contributed by atoms with Crippen molar-refractivity contribution in [2.75, 3.05) is 26.7 Å². The zero-order valence-corrected chi connectivity index (χ0v) is 21.8. The zero-order valence-electron chi connectivity index (χ0n) is 20.2. The molecule has 2 aliphatic heterocycles. The van der Waals surface area contributed by atoms with Crippen molar-refractivity contribution in [2.45, 2.75) is 47.3 Å².